The molecule has 0 saturated carbocycles. The molecule has 2 rings (SSSR count). The number of carbonyl (C=O) groups is 2. The number of alkyl halides is 3. The van der Waals surface area contributed by atoms with E-state index in [0.717, 1.165) is 12.1 Å². The second kappa shape index (κ2) is 5.67. The van der Waals surface area contributed by atoms with Gasteiger partial charge in [0.25, 0.3) is 0 Å². The third-order valence-electron chi connectivity index (χ3n) is 3.24. The smallest absolute Gasteiger partial charge is 0.416 e. The van der Waals surface area contributed by atoms with E-state index in [-0.39, 0.29) is 18.7 Å². The lowest BCUT2D eigenvalue weighted by atomic mass is 9.91. The number of hydrogen-bond donors (Lipinski definition) is 0. The standard InChI is InChI=1S/C14H12F3NO3/c1-21-13(20)10-6-11(18-7-12(10)19)8-2-4-9(5-3-8)14(15,16)17/h2-5,10H,6-7H2,1H3. The maximum atomic E-state index is 12.5. The Morgan fingerprint density at radius 3 is 2.43 bits per heavy atom. The molecule has 1 aliphatic rings. The van der Waals surface area contributed by atoms with Gasteiger partial charge in [0, 0.05) is 12.1 Å². The van der Waals surface area contributed by atoms with Crippen LogP contribution in [0.15, 0.2) is 29.3 Å². The molecule has 7 heteroatoms. The maximum absolute atomic E-state index is 12.5. The van der Waals surface area contributed by atoms with Crippen LogP contribution in [-0.4, -0.2) is 31.1 Å². The zero-order valence-electron chi connectivity index (χ0n) is 11.1. The molecule has 0 radical (unpaired) electrons. The number of hydrogen-bond acceptors (Lipinski definition) is 4. The molecule has 21 heavy (non-hydrogen) atoms. The van der Waals surface area contributed by atoms with Gasteiger partial charge in [-0.25, -0.2) is 0 Å². The number of esters is 1. The number of rotatable bonds is 2. The molecule has 0 aliphatic carbocycles. The summed E-state index contributed by atoms with van der Waals surface area (Å²) in [5.74, 6) is -1.94. The molecule has 1 heterocycles. The summed E-state index contributed by atoms with van der Waals surface area (Å²) in [5, 5.41) is 0. The summed E-state index contributed by atoms with van der Waals surface area (Å²) in [6, 6.07) is 4.46. The minimum absolute atomic E-state index is 0.0386. The molecule has 0 saturated heterocycles. The summed E-state index contributed by atoms with van der Waals surface area (Å²) in [6.07, 6.45) is -4.37. The van der Waals surface area contributed by atoms with Crippen molar-refractivity contribution in [1.29, 1.82) is 0 Å². The Morgan fingerprint density at radius 2 is 1.90 bits per heavy atom. The van der Waals surface area contributed by atoms with Crippen molar-refractivity contribution in [2.24, 2.45) is 10.9 Å². The normalized spacial score (nSPS) is 19.1. The lowest BCUT2D eigenvalue weighted by Crippen LogP contribution is -2.33. The Morgan fingerprint density at radius 1 is 1.29 bits per heavy atom. The third kappa shape index (κ3) is 3.29. The molecule has 112 valence electrons. The predicted octanol–water partition coefficient (Wildman–Crippen LogP) is 2.26. The number of nitrogens with zero attached hydrogens (tertiary/aromatic N) is 1. The minimum atomic E-state index is -4.41. The lowest BCUT2D eigenvalue weighted by molar-refractivity contribution is -0.149. The molecule has 1 aromatic carbocycles. The number of halogens is 3. The van der Waals surface area contributed by atoms with E-state index in [9.17, 15) is 22.8 Å². The van der Waals surface area contributed by atoms with Gasteiger partial charge in [0.1, 0.15) is 5.92 Å². The summed E-state index contributed by atoms with van der Waals surface area (Å²) in [5.41, 5.74) is 0.131. The minimum Gasteiger partial charge on any atom is -0.468 e. The molecule has 1 aliphatic heterocycles. The fraction of sp³-hybridized carbons (Fsp3) is 0.357. The van der Waals surface area contributed by atoms with Crippen molar-refractivity contribution < 1.29 is 27.5 Å². The Hall–Kier alpha value is -2.18. The van der Waals surface area contributed by atoms with Crippen LogP contribution in [-0.2, 0) is 20.5 Å². The van der Waals surface area contributed by atoms with E-state index in [1.165, 1.54) is 19.2 Å². The van der Waals surface area contributed by atoms with Gasteiger partial charge in [-0.3, -0.25) is 14.6 Å². The van der Waals surface area contributed by atoms with Gasteiger partial charge < -0.3 is 4.74 Å². The van der Waals surface area contributed by atoms with E-state index in [1.54, 1.807) is 0 Å². The fourth-order valence-electron chi connectivity index (χ4n) is 2.07. The van der Waals surface area contributed by atoms with Crippen LogP contribution in [0.3, 0.4) is 0 Å². The summed E-state index contributed by atoms with van der Waals surface area (Å²) >= 11 is 0. The van der Waals surface area contributed by atoms with Crippen LogP contribution in [0.1, 0.15) is 17.5 Å². The Labute approximate surface area is 118 Å². The first kappa shape index (κ1) is 15.2. The third-order valence-corrected chi connectivity index (χ3v) is 3.24. The molecule has 0 bridgehead atoms. The number of aliphatic imine (C=N–C) groups is 1. The molecule has 0 amide bonds. The molecule has 1 aromatic rings. The molecule has 0 N–H and O–H groups in total. The first-order valence-corrected chi connectivity index (χ1v) is 6.14. The van der Waals surface area contributed by atoms with E-state index in [0.29, 0.717) is 11.3 Å². The molecular formula is C14H12F3NO3. The predicted molar refractivity (Wildman–Crippen MR) is 68.0 cm³/mol. The molecular weight excluding hydrogens is 287 g/mol. The highest BCUT2D eigenvalue weighted by molar-refractivity contribution is 6.12. The maximum Gasteiger partial charge on any atom is 0.416 e. The van der Waals surface area contributed by atoms with Crippen molar-refractivity contribution in [1.82, 2.24) is 0 Å². The quantitative estimate of drug-likeness (QED) is 0.622. The fourth-order valence-corrected chi connectivity index (χ4v) is 2.07. The van der Waals surface area contributed by atoms with Crippen molar-refractivity contribution >= 4 is 17.5 Å². The van der Waals surface area contributed by atoms with Gasteiger partial charge in [-0.1, -0.05) is 12.1 Å². The summed E-state index contributed by atoms with van der Waals surface area (Å²) in [4.78, 5) is 27.1. The largest absolute Gasteiger partial charge is 0.468 e. The van der Waals surface area contributed by atoms with Gasteiger partial charge in [0.05, 0.1) is 19.2 Å². The number of benzene rings is 1. The van der Waals surface area contributed by atoms with Crippen LogP contribution in [0.4, 0.5) is 13.2 Å². The van der Waals surface area contributed by atoms with E-state index in [4.69, 9.17) is 0 Å². The average Bonchev–Trinajstić information content (AvgIpc) is 2.46. The molecule has 0 fully saturated rings. The van der Waals surface area contributed by atoms with Crippen molar-refractivity contribution in [3.8, 4) is 0 Å². The van der Waals surface area contributed by atoms with Crippen LogP contribution in [0.2, 0.25) is 0 Å². The molecule has 1 atom stereocenters. The van der Waals surface area contributed by atoms with Crippen LogP contribution in [0.5, 0.6) is 0 Å². The zero-order chi connectivity index (χ0) is 15.6. The zero-order valence-corrected chi connectivity index (χ0v) is 11.1. The number of Topliss-reactive ketones (excluding diaryl/α,β-unsaturated/α-hetero) is 1. The average molecular weight is 299 g/mol. The molecule has 0 spiro atoms. The van der Waals surface area contributed by atoms with Crippen molar-refractivity contribution in [2.75, 3.05) is 13.7 Å². The highest BCUT2D eigenvalue weighted by atomic mass is 19.4. The Bertz CT molecular complexity index is 590. The van der Waals surface area contributed by atoms with Gasteiger partial charge in [0.2, 0.25) is 0 Å². The Balaban J connectivity index is 2.22. The molecule has 0 aromatic heterocycles. The molecule has 4 nitrogen and oxygen atoms in total. The second-order valence-electron chi connectivity index (χ2n) is 4.58. The van der Waals surface area contributed by atoms with Crippen LogP contribution in [0.25, 0.3) is 0 Å². The van der Waals surface area contributed by atoms with Gasteiger partial charge in [-0.05, 0) is 17.7 Å². The lowest BCUT2D eigenvalue weighted by Gasteiger charge is -2.19. The highest BCUT2D eigenvalue weighted by Gasteiger charge is 2.33. The number of ketones is 1. The summed E-state index contributed by atoms with van der Waals surface area (Å²) in [7, 11) is 1.18. The summed E-state index contributed by atoms with van der Waals surface area (Å²) in [6.45, 7) is -0.171. The monoisotopic (exact) mass is 299 g/mol. The van der Waals surface area contributed by atoms with Crippen molar-refractivity contribution in [2.45, 2.75) is 12.6 Å². The SMILES string of the molecule is COC(=O)C1CC(c2ccc(C(F)(F)F)cc2)=NCC1=O. The molecule has 1 unspecified atom stereocenters. The van der Waals surface area contributed by atoms with Gasteiger partial charge in [0.15, 0.2) is 5.78 Å². The highest BCUT2D eigenvalue weighted by Crippen LogP contribution is 2.29. The van der Waals surface area contributed by atoms with E-state index in [1.807, 2.05) is 0 Å². The summed E-state index contributed by atoms with van der Waals surface area (Å²) < 4.78 is 42.0. The van der Waals surface area contributed by atoms with E-state index >= 15 is 0 Å². The van der Waals surface area contributed by atoms with Crippen LogP contribution >= 0.6 is 0 Å². The van der Waals surface area contributed by atoms with Gasteiger partial charge in [-0.15, -0.1) is 0 Å². The first-order chi connectivity index (χ1) is 9.82. The van der Waals surface area contributed by atoms with Crippen LogP contribution < -0.4 is 0 Å². The van der Waals surface area contributed by atoms with E-state index < -0.39 is 23.6 Å². The van der Waals surface area contributed by atoms with Gasteiger partial charge in [-0.2, -0.15) is 13.2 Å². The first-order valence-electron chi connectivity index (χ1n) is 6.14. The Kier molecular flexibility index (Phi) is 4.11. The van der Waals surface area contributed by atoms with Crippen molar-refractivity contribution in [3.05, 3.63) is 35.4 Å². The topological polar surface area (TPSA) is 55.7 Å². The second-order valence-corrected chi connectivity index (χ2v) is 4.58. The van der Waals surface area contributed by atoms with Crippen LogP contribution in [0, 0.1) is 5.92 Å². The number of ether oxygens (including phenoxy) is 1. The number of methoxy groups -OCH3 is 1. The van der Waals surface area contributed by atoms with Crippen molar-refractivity contribution in [3.63, 3.8) is 0 Å². The van der Waals surface area contributed by atoms with E-state index in [2.05, 4.69) is 9.73 Å². The van der Waals surface area contributed by atoms with Gasteiger partial charge >= 0.3 is 12.1 Å². The number of carbonyl (C=O) groups excluding carboxylic acids is 2.